The molecule has 0 aliphatic rings. The van der Waals surface area contributed by atoms with E-state index in [9.17, 15) is 9.90 Å². The van der Waals surface area contributed by atoms with Gasteiger partial charge in [0.2, 0.25) is 0 Å². The van der Waals surface area contributed by atoms with Gasteiger partial charge in [0.1, 0.15) is 9.88 Å². The van der Waals surface area contributed by atoms with E-state index in [1.165, 1.54) is 16.9 Å². The largest absolute Gasteiger partial charge is 0.477 e. The Balaban J connectivity index is 2.62. The van der Waals surface area contributed by atoms with Crippen molar-refractivity contribution in [1.82, 2.24) is 4.98 Å². The number of nitrogens with zero attached hydrogens (tertiary/aromatic N) is 1. The summed E-state index contributed by atoms with van der Waals surface area (Å²) in [5.74, 6) is -0.896. The Kier molecular flexibility index (Phi) is 3.95. The lowest BCUT2D eigenvalue weighted by Crippen LogP contribution is -2.16. The number of carboxylic acids is 1. The molecule has 1 N–H and O–H groups in total. The van der Waals surface area contributed by atoms with E-state index < -0.39 is 5.97 Å². The molecule has 0 unspecified atom stereocenters. The molecule has 1 heterocycles. The number of thiazole rings is 1. The van der Waals surface area contributed by atoms with Gasteiger partial charge in [-0.3, -0.25) is 0 Å². The second-order valence-corrected chi connectivity index (χ2v) is 6.76. The van der Waals surface area contributed by atoms with Gasteiger partial charge in [0, 0.05) is 11.0 Å². The van der Waals surface area contributed by atoms with Crippen molar-refractivity contribution in [2.24, 2.45) is 0 Å². The molecular formula is C16H19NO2S. The second-order valence-electron chi connectivity index (χ2n) is 5.76. The van der Waals surface area contributed by atoms with E-state index in [-0.39, 0.29) is 5.41 Å². The summed E-state index contributed by atoms with van der Waals surface area (Å²) in [7, 11) is 0. The van der Waals surface area contributed by atoms with Gasteiger partial charge >= 0.3 is 5.97 Å². The molecule has 0 radical (unpaired) electrons. The minimum atomic E-state index is -0.896. The first-order chi connectivity index (χ1) is 9.34. The van der Waals surface area contributed by atoms with Crippen LogP contribution in [0.5, 0.6) is 0 Å². The minimum absolute atomic E-state index is 0.274. The van der Waals surface area contributed by atoms with Gasteiger partial charge in [0.15, 0.2) is 0 Å². The number of benzene rings is 1. The monoisotopic (exact) mass is 289 g/mol. The van der Waals surface area contributed by atoms with E-state index >= 15 is 0 Å². The molecule has 0 fully saturated rings. The fourth-order valence-corrected chi connectivity index (χ4v) is 3.30. The van der Waals surface area contributed by atoms with Crippen LogP contribution in [0.1, 0.15) is 48.6 Å². The lowest BCUT2D eigenvalue weighted by Gasteiger charge is -2.16. The summed E-state index contributed by atoms with van der Waals surface area (Å²) in [6.45, 7) is 8.06. The van der Waals surface area contributed by atoms with Crippen LogP contribution in [0.4, 0.5) is 0 Å². The number of hydrogen-bond acceptors (Lipinski definition) is 3. The van der Waals surface area contributed by atoms with Crippen LogP contribution >= 0.6 is 11.3 Å². The molecule has 0 saturated heterocycles. The normalized spacial score (nSPS) is 11.6. The highest BCUT2D eigenvalue weighted by molar-refractivity contribution is 7.17. The van der Waals surface area contributed by atoms with Crippen molar-refractivity contribution < 1.29 is 9.90 Å². The quantitative estimate of drug-likeness (QED) is 0.913. The zero-order chi connectivity index (χ0) is 14.9. The molecule has 1 aromatic heterocycles. The fourth-order valence-electron chi connectivity index (χ4n) is 2.13. The summed E-state index contributed by atoms with van der Waals surface area (Å²) in [5.41, 5.74) is 2.62. The zero-order valence-electron chi connectivity index (χ0n) is 12.2. The Morgan fingerprint density at radius 1 is 1.30 bits per heavy atom. The van der Waals surface area contributed by atoms with E-state index in [4.69, 9.17) is 0 Å². The number of carboxylic acid groups (broad SMARTS) is 1. The summed E-state index contributed by atoms with van der Waals surface area (Å²) in [5, 5.41) is 10.2. The summed E-state index contributed by atoms with van der Waals surface area (Å²) in [4.78, 5) is 16.4. The van der Waals surface area contributed by atoms with Gasteiger partial charge in [-0.15, -0.1) is 11.3 Å². The van der Waals surface area contributed by atoms with Gasteiger partial charge in [0.05, 0.1) is 5.69 Å². The summed E-state index contributed by atoms with van der Waals surface area (Å²) < 4.78 is 0. The van der Waals surface area contributed by atoms with Crippen molar-refractivity contribution in [3.63, 3.8) is 0 Å². The summed E-state index contributed by atoms with van der Waals surface area (Å²) in [6, 6.07) is 8.04. The van der Waals surface area contributed by atoms with Crippen LogP contribution in [0.15, 0.2) is 24.3 Å². The molecular weight excluding hydrogens is 270 g/mol. The smallest absolute Gasteiger partial charge is 0.347 e. The van der Waals surface area contributed by atoms with Crippen molar-refractivity contribution in [3.05, 3.63) is 40.4 Å². The van der Waals surface area contributed by atoms with Gasteiger partial charge < -0.3 is 5.11 Å². The molecule has 0 amide bonds. The van der Waals surface area contributed by atoms with Gasteiger partial charge in [0.25, 0.3) is 0 Å². The third-order valence-corrected chi connectivity index (χ3v) is 4.24. The van der Waals surface area contributed by atoms with Crippen LogP contribution in [-0.2, 0) is 11.8 Å². The SMILES string of the molecule is CCc1ccccc1-c1nc(C(C)(C)C)c(C(=O)O)s1. The van der Waals surface area contributed by atoms with E-state index in [0.29, 0.717) is 10.6 Å². The molecule has 1 aromatic carbocycles. The van der Waals surface area contributed by atoms with Gasteiger partial charge in [-0.25, -0.2) is 9.78 Å². The highest BCUT2D eigenvalue weighted by Crippen LogP contribution is 2.35. The van der Waals surface area contributed by atoms with Crippen molar-refractivity contribution in [3.8, 4) is 10.6 Å². The average molecular weight is 289 g/mol. The van der Waals surface area contributed by atoms with Crippen LogP contribution in [0, 0.1) is 0 Å². The Morgan fingerprint density at radius 2 is 1.95 bits per heavy atom. The number of aromatic carboxylic acids is 1. The summed E-state index contributed by atoms with van der Waals surface area (Å²) in [6.07, 6.45) is 0.906. The van der Waals surface area contributed by atoms with Crippen LogP contribution in [0.2, 0.25) is 0 Å². The van der Waals surface area contributed by atoms with Crippen LogP contribution in [0.25, 0.3) is 10.6 Å². The van der Waals surface area contributed by atoms with Crippen molar-refractivity contribution in [2.45, 2.75) is 39.5 Å². The molecule has 0 bridgehead atoms. The molecule has 0 saturated carbocycles. The fraction of sp³-hybridized carbons (Fsp3) is 0.375. The lowest BCUT2D eigenvalue weighted by atomic mass is 9.91. The average Bonchev–Trinajstić information content (AvgIpc) is 2.83. The molecule has 20 heavy (non-hydrogen) atoms. The number of aromatic nitrogens is 1. The van der Waals surface area contributed by atoms with Crippen molar-refractivity contribution in [1.29, 1.82) is 0 Å². The minimum Gasteiger partial charge on any atom is -0.477 e. The van der Waals surface area contributed by atoms with Crippen LogP contribution in [-0.4, -0.2) is 16.1 Å². The molecule has 0 spiro atoms. The topological polar surface area (TPSA) is 50.2 Å². The summed E-state index contributed by atoms with van der Waals surface area (Å²) >= 11 is 1.27. The first-order valence-electron chi connectivity index (χ1n) is 6.67. The Morgan fingerprint density at radius 3 is 2.45 bits per heavy atom. The van der Waals surface area contributed by atoms with E-state index in [1.54, 1.807) is 0 Å². The third kappa shape index (κ3) is 2.75. The third-order valence-electron chi connectivity index (χ3n) is 3.16. The van der Waals surface area contributed by atoms with Crippen LogP contribution in [0.3, 0.4) is 0 Å². The molecule has 2 rings (SSSR count). The lowest BCUT2D eigenvalue weighted by molar-refractivity contribution is 0.0699. The first kappa shape index (κ1) is 14.7. The number of rotatable bonds is 3. The van der Waals surface area contributed by atoms with Gasteiger partial charge in [-0.05, 0) is 12.0 Å². The van der Waals surface area contributed by atoms with Crippen molar-refractivity contribution in [2.75, 3.05) is 0 Å². The Labute approximate surface area is 123 Å². The molecule has 0 aliphatic carbocycles. The predicted molar refractivity (Wildman–Crippen MR) is 82.6 cm³/mol. The van der Waals surface area contributed by atoms with E-state index in [2.05, 4.69) is 18.0 Å². The number of hydrogen-bond donors (Lipinski definition) is 1. The highest BCUT2D eigenvalue weighted by atomic mass is 32.1. The standard InChI is InChI=1S/C16H19NO2S/c1-5-10-8-6-7-9-11(10)14-17-13(16(2,3)4)12(20-14)15(18)19/h6-9H,5H2,1-4H3,(H,18,19). The van der Waals surface area contributed by atoms with E-state index in [1.807, 2.05) is 39.0 Å². The molecule has 0 atom stereocenters. The molecule has 106 valence electrons. The molecule has 0 aliphatic heterocycles. The van der Waals surface area contributed by atoms with Gasteiger partial charge in [-0.1, -0.05) is 52.0 Å². The number of carbonyl (C=O) groups is 1. The molecule has 2 aromatic rings. The molecule has 3 nitrogen and oxygen atoms in total. The maximum absolute atomic E-state index is 11.4. The molecule has 4 heteroatoms. The Bertz CT molecular complexity index is 638. The second kappa shape index (κ2) is 5.37. The van der Waals surface area contributed by atoms with Gasteiger partial charge in [-0.2, -0.15) is 0 Å². The first-order valence-corrected chi connectivity index (χ1v) is 7.49. The maximum Gasteiger partial charge on any atom is 0.347 e. The Hall–Kier alpha value is -1.68. The number of aryl methyl sites for hydroxylation is 1. The van der Waals surface area contributed by atoms with Crippen molar-refractivity contribution >= 4 is 17.3 Å². The van der Waals surface area contributed by atoms with Crippen LogP contribution < -0.4 is 0 Å². The highest BCUT2D eigenvalue weighted by Gasteiger charge is 2.27. The van der Waals surface area contributed by atoms with E-state index in [0.717, 1.165) is 17.0 Å². The predicted octanol–water partition coefficient (Wildman–Crippen LogP) is 4.37. The maximum atomic E-state index is 11.4. The zero-order valence-corrected chi connectivity index (χ0v) is 13.0.